The molecule has 2 rings (SSSR count). The zero-order valence-electron chi connectivity index (χ0n) is 10.3. The maximum absolute atomic E-state index is 12.2. The Kier molecular flexibility index (Phi) is 5.61. The SMILES string of the molecule is CC(N)C1CCN(S(=O)(=O)c2cccs2)CC1.Cl. The Morgan fingerprint density at radius 1 is 1.44 bits per heavy atom. The van der Waals surface area contributed by atoms with Crippen molar-refractivity contribution in [2.45, 2.75) is 30.0 Å². The molecule has 1 aliphatic heterocycles. The van der Waals surface area contributed by atoms with E-state index in [-0.39, 0.29) is 18.4 Å². The van der Waals surface area contributed by atoms with Crippen LogP contribution in [0.1, 0.15) is 19.8 Å². The van der Waals surface area contributed by atoms with Crippen molar-refractivity contribution in [2.24, 2.45) is 11.7 Å². The van der Waals surface area contributed by atoms with Crippen molar-refractivity contribution in [3.63, 3.8) is 0 Å². The highest BCUT2D eigenvalue weighted by atomic mass is 35.5. The minimum absolute atomic E-state index is 0. The number of rotatable bonds is 3. The van der Waals surface area contributed by atoms with E-state index in [1.54, 1.807) is 21.8 Å². The second-order valence-corrected chi connectivity index (χ2v) is 7.65. The molecule has 0 amide bonds. The third kappa shape index (κ3) is 3.24. The molecular weight excluding hydrogens is 292 g/mol. The van der Waals surface area contributed by atoms with Gasteiger partial charge in [0.15, 0.2) is 0 Å². The average molecular weight is 311 g/mol. The lowest BCUT2D eigenvalue weighted by molar-refractivity contribution is 0.251. The molecule has 1 aromatic rings. The number of sulfonamides is 1. The quantitative estimate of drug-likeness (QED) is 0.927. The van der Waals surface area contributed by atoms with Crippen molar-refractivity contribution in [1.82, 2.24) is 4.31 Å². The molecule has 1 unspecified atom stereocenters. The van der Waals surface area contributed by atoms with Crippen LogP contribution in [0, 0.1) is 5.92 Å². The maximum atomic E-state index is 12.2. The number of hydrogen-bond acceptors (Lipinski definition) is 4. The van der Waals surface area contributed by atoms with Crippen LogP contribution in [-0.2, 0) is 10.0 Å². The van der Waals surface area contributed by atoms with Crippen molar-refractivity contribution < 1.29 is 8.42 Å². The molecule has 2 N–H and O–H groups in total. The standard InChI is InChI=1S/C11H18N2O2S2.ClH/c1-9(12)10-4-6-13(7-5-10)17(14,15)11-3-2-8-16-11;/h2-3,8-10H,4-7,12H2,1H3;1H. The van der Waals surface area contributed by atoms with E-state index in [2.05, 4.69) is 0 Å². The minimum Gasteiger partial charge on any atom is -0.328 e. The molecule has 0 spiro atoms. The Morgan fingerprint density at radius 3 is 2.50 bits per heavy atom. The summed E-state index contributed by atoms with van der Waals surface area (Å²) in [6, 6.07) is 3.59. The normalized spacial score (nSPS) is 20.3. The van der Waals surface area contributed by atoms with Crippen LogP contribution in [-0.4, -0.2) is 31.9 Å². The van der Waals surface area contributed by atoms with Crippen LogP contribution >= 0.6 is 23.7 Å². The van der Waals surface area contributed by atoms with Crippen molar-refractivity contribution in [2.75, 3.05) is 13.1 Å². The summed E-state index contributed by atoms with van der Waals surface area (Å²) in [6.07, 6.45) is 1.73. The van der Waals surface area contributed by atoms with Crippen LogP contribution < -0.4 is 5.73 Å². The van der Waals surface area contributed by atoms with Gasteiger partial charge in [0.05, 0.1) is 0 Å². The minimum atomic E-state index is -3.26. The van der Waals surface area contributed by atoms with Crippen LogP contribution in [0.5, 0.6) is 0 Å². The molecule has 104 valence electrons. The summed E-state index contributed by atoms with van der Waals surface area (Å²) in [6.45, 7) is 3.17. The number of piperidine rings is 1. The molecule has 1 aromatic heterocycles. The van der Waals surface area contributed by atoms with Gasteiger partial charge < -0.3 is 5.73 Å². The summed E-state index contributed by atoms with van der Waals surface area (Å²) in [5.74, 6) is 0.449. The second kappa shape index (κ2) is 6.34. The average Bonchev–Trinajstić information content (AvgIpc) is 2.83. The molecule has 7 heteroatoms. The maximum Gasteiger partial charge on any atom is 0.252 e. The number of thiophene rings is 1. The van der Waals surface area contributed by atoms with Crippen molar-refractivity contribution >= 4 is 33.8 Å². The lowest BCUT2D eigenvalue weighted by Crippen LogP contribution is -2.42. The highest BCUT2D eigenvalue weighted by Gasteiger charge is 2.30. The zero-order chi connectivity index (χ0) is 12.5. The summed E-state index contributed by atoms with van der Waals surface area (Å²) in [5.41, 5.74) is 5.85. The van der Waals surface area contributed by atoms with Crippen LogP contribution in [0.15, 0.2) is 21.7 Å². The first-order chi connectivity index (χ1) is 8.01. The van der Waals surface area contributed by atoms with Gasteiger partial charge in [0.1, 0.15) is 4.21 Å². The van der Waals surface area contributed by atoms with Crippen LogP contribution in [0.3, 0.4) is 0 Å². The summed E-state index contributed by atoms with van der Waals surface area (Å²) in [5, 5.41) is 1.79. The van der Waals surface area contributed by atoms with Crippen LogP contribution in [0.25, 0.3) is 0 Å². The van der Waals surface area contributed by atoms with Crippen LogP contribution in [0.2, 0.25) is 0 Å². The number of nitrogens with two attached hydrogens (primary N) is 1. The van der Waals surface area contributed by atoms with Gasteiger partial charge in [-0.2, -0.15) is 4.31 Å². The Morgan fingerprint density at radius 2 is 2.06 bits per heavy atom. The van der Waals surface area contributed by atoms with Crippen LogP contribution in [0.4, 0.5) is 0 Å². The molecule has 1 atom stereocenters. The zero-order valence-corrected chi connectivity index (χ0v) is 12.7. The number of hydrogen-bond donors (Lipinski definition) is 1. The van der Waals surface area contributed by atoms with Gasteiger partial charge in [-0.3, -0.25) is 0 Å². The molecule has 0 bridgehead atoms. The lowest BCUT2D eigenvalue weighted by Gasteiger charge is -2.32. The summed E-state index contributed by atoms with van der Waals surface area (Å²) in [4.78, 5) is 0. The number of nitrogens with zero attached hydrogens (tertiary/aromatic N) is 1. The third-order valence-electron chi connectivity index (χ3n) is 3.33. The van der Waals surface area contributed by atoms with E-state index < -0.39 is 10.0 Å². The predicted octanol–water partition coefficient (Wildman–Crippen LogP) is 1.92. The van der Waals surface area contributed by atoms with E-state index >= 15 is 0 Å². The first-order valence-corrected chi connectivity index (χ1v) is 8.13. The Balaban J connectivity index is 0.00000162. The highest BCUT2D eigenvalue weighted by Crippen LogP contribution is 2.27. The molecule has 0 radical (unpaired) electrons. The van der Waals surface area contributed by atoms with Gasteiger partial charge >= 0.3 is 0 Å². The molecule has 0 aromatic carbocycles. The van der Waals surface area contributed by atoms with E-state index in [0.29, 0.717) is 23.2 Å². The van der Waals surface area contributed by atoms with Gasteiger partial charge in [0, 0.05) is 19.1 Å². The fraction of sp³-hybridized carbons (Fsp3) is 0.636. The smallest absolute Gasteiger partial charge is 0.252 e. The first-order valence-electron chi connectivity index (χ1n) is 5.81. The Hall–Kier alpha value is -0.140. The Bertz CT molecular complexity index is 451. The molecule has 1 saturated heterocycles. The predicted molar refractivity (Wildman–Crippen MR) is 76.7 cm³/mol. The highest BCUT2D eigenvalue weighted by molar-refractivity contribution is 7.91. The van der Waals surface area contributed by atoms with E-state index in [0.717, 1.165) is 12.8 Å². The monoisotopic (exact) mass is 310 g/mol. The van der Waals surface area contributed by atoms with Crippen molar-refractivity contribution in [3.8, 4) is 0 Å². The van der Waals surface area contributed by atoms with E-state index in [4.69, 9.17) is 5.73 Å². The third-order valence-corrected chi connectivity index (χ3v) is 6.60. The van der Waals surface area contributed by atoms with E-state index in [1.165, 1.54) is 11.3 Å². The molecule has 18 heavy (non-hydrogen) atoms. The molecule has 0 aliphatic carbocycles. The lowest BCUT2D eigenvalue weighted by atomic mass is 9.92. The largest absolute Gasteiger partial charge is 0.328 e. The second-order valence-electron chi connectivity index (χ2n) is 4.53. The van der Waals surface area contributed by atoms with Gasteiger partial charge in [-0.25, -0.2) is 8.42 Å². The fourth-order valence-corrected chi connectivity index (χ4v) is 4.79. The molecule has 4 nitrogen and oxygen atoms in total. The van der Waals surface area contributed by atoms with Gasteiger partial charge in [-0.15, -0.1) is 23.7 Å². The molecular formula is C11H19ClN2O2S2. The summed E-state index contributed by atoms with van der Waals surface area (Å²) < 4.78 is 26.5. The van der Waals surface area contributed by atoms with Gasteiger partial charge in [0.25, 0.3) is 10.0 Å². The first kappa shape index (κ1) is 15.9. The van der Waals surface area contributed by atoms with Crippen molar-refractivity contribution in [1.29, 1.82) is 0 Å². The summed E-state index contributed by atoms with van der Waals surface area (Å²) in [7, 11) is -3.26. The molecule has 1 fully saturated rings. The number of halogens is 1. The van der Waals surface area contributed by atoms with Gasteiger partial charge in [0.2, 0.25) is 0 Å². The van der Waals surface area contributed by atoms with Gasteiger partial charge in [-0.05, 0) is 37.1 Å². The summed E-state index contributed by atoms with van der Waals surface area (Å²) >= 11 is 1.28. The fourth-order valence-electron chi connectivity index (χ4n) is 2.18. The van der Waals surface area contributed by atoms with E-state index in [9.17, 15) is 8.42 Å². The molecule has 1 aliphatic rings. The molecule has 2 heterocycles. The Labute approximate surface area is 119 Å². The topological polar surface area (TPSA) is 63.4 Å². The van der Waals surface area contributed by atoms with Crippen molar-refractivity contribution in [3.05, 3.63) is 17.5 Å². The van der Waals surface area contributed by atoms with Gasteiger partial charge in [-0.1, -0.05) is 6.07 Å². The molecule has 0 saturated carbocycles. The van der Waals surface area contributed by atoms with E-state index in [1.807, 2.05) is 6.92 Å².